The van der Waals surface area contributed by atoms with Crippen LogP contribution in [0.25, 0.3) is 12.2 Å². The number of hydrogen-bond acceptors (Lipinski definition) is 4. The van der Waals surface area contributed by atoms with Crippen LogP contribution in [0.3, 0.4) is 0 Å². The molecule has 0 aromatic heterocycles. The van der Waals surface area contributed by atoms with E-state index in [2.05, 4.69) is 88.7 Å². The molecule has 10 rings (SSSR count). The number of carboxylic acid groups (broad SMARTS) is 1. The topological polar surface area (TPSA) is 67.6 Å². The quantitative estimate of drug-likeness (QED) is 0.350. The van der Waals surface area contributed by atoms with Crippen molar-refractivity contribution < 1.29 is 9.90 Å². The second-order valence-corrected chi connectivity index (χ2v) is 17.3. The van der Waals surface area contributed by atoms with Crippen LogP contribution < -0.4 is 0 Å². The molecule has 2 heterocycles. The first-order valence-corrected chi connectivity index (χ1v) is 19.6. The molecule has 6 aliphatic carbocycles. The second-order valence-electron chi connectivity index (χ2n) is 17.3. The van der Waals surface area contributed by atoms with Crippen molar-refractivity contribution in [2.24, 2.45) is 22.7 Å². The minimum Gasteiger partial charge on any atom is -0.481 e. The SMILES string of the molecule is N#CC1(C2CC2)CCC(N2CCC3(C=Cc4ccccc43)CC2)C1.O=C(O)C1(C2CC2)CCC(N2CCC3(C=Cc4ccccc43)CC2)C1. The number of allylic oxidation sites excluding steroid dienone is 2. The zero-order chi connectivity index (χ0) is 33.3. The van der Waals surface area contributed by atoms with Crippen molar-refractivity contribution in [3.05, 3.63) is 82.9 Å². The molecule has 4 atom stereocenters. The van der Waals surface area contributed by atoms with Gasteiger partial charge in [-0.3, -0.25) is 4.79 Å². The van der Waals surface area contributed by atoms with Crippen molar-refractivity contribution in [1.82, 2.24) is 9.80 Å². The first-order valence-electron chi connectivity index (χ1n) is 19.6. The molecule has 5 nitrogen and oxygen atoms in total. The minimum atomic E-state index is -0.529. The third-order valence-corrected chi connectivity index (χ3v) is 15.0. The molecule has 2 spiro atoms. The van der Waals surface area contributed by atoms with E-state index in [-0.39, 0.29) is 16.2 Å². The van der Waals surface area contributed by atoms with Crippen LogP contribution in [0.5, 0.6) is 0 Å². The predicted molar refractivity (Wildman–Crippen MR) is 195 cm³/mol. The zero-order valence-electron chi connectivity index (χ0n) is 29.2. The van der Waals surface area contributed by atoms with E-state index in [1.165, 1.54) is 74.7 Å². The molecule has 4 unspecified atom stereocenters. The fourth-order valence-corrected chi connectivity index (χ4v) is 11.6. The molecule has 0 amide bonds. The Kier molecular flexibility index (Phi) is 7.75. The van der Waals surface area contributed by atoms with E-state index in [1.807, 2.05) is 0 Å². The maximum Gasteiger partial charge on any atom is 0.309 e. The molecule has 5 heteroatoms. The maximum atomic E-state index is 11.9. The van der Waals surface area contributed by atoms with Crippen LogP contribution in [0.15, 0.2) is 60.7 Å². The number of hydrogen-bond donors (Lipinski definition) is 1. The fraction of sp³-hybridized carbons (Fsp3) is 0.591. The number of benzene rings is 2. The smallest absolute Gasteiger partial charge is 0.309 e. The average molecular weight is 656 g/mol. The lowest BCUT2D eigenvalue weighted by Crippen LogP contribution is -2.46. The summed E-state index contributed by atoms with van der Waals surface area (Å²) in [7, 11) is 0. The molecule has 2 aromatic rings. The van der Waals surface area contributed by atoms with Crippen molar-refractivity contribution in [1.29, 1.82) is 5.26 Å². The van der Waals surface area contributed by atoms with Gasteiger partial charge in [-0.25, -0.2) is 0 Å². The highest BCUT2D eigenvalue weighted by Crippen LogP contribution is 2.57. The predicted octanol–water partition coefficient (Wildman–Crippen LogP) is 8.60. The standard InChI is InChI=1S/C22H26N2.C22H27NO2/c23-16-22(18-5-6-18)10-8-19(15-22)24-13-11-21(12-14-24)9-7-17-3-1-2-4-20(17)21;24-20(25)22(17-5-6-17)10-8-18(15-22)23-13-11-21(12-14-23)9-7-16-3-1-2-4-19(16)21/h1-4,7,9,18-19H,5-6,8,10-15H2;1-4,7,9,17-18H,5-6,8,10-15H2,(H,24,25). The van der Waals surface area contributed by atoms with Crippen LogP contribution >= 0.6 is 0 Å². The Morgan fingerprint density at radius 1 is 0.653 bits per heavy atom. The molecule has 2 saturated heterocycles. The number of likely N-dealkylation sites (tertiary alicyclic amines) is 2. The molecule has 1 N–H and O–H groups in total. The van der Waals surface area contributed by atoms with Crippen LogP contribution in [-0.2, 0) is 15.6 Å². The number of rotatable bonds is 5. The first-order chi connectivity index (χ1) is 23.9. The Balaban J connectivity index is 0.000000133. The monoisotopic (exact) mass is 655 g/mol. The van der Waals surface area contributed by atoms with Crippen LogP contribution in [0.4, 0.5) is 0 Å². The molecular weight excluding hydrogens is 603 g/mol. The Morgan fingerprint density at radius 3 is 1.63 bits per heavy atom. The maximum absolute atomic E-state index is 11.9. The largest absolute Gasteiger partial charge is 0.481 e. The van der Waals surface area contributed by atoms with Crippen LogP contribution in [0, 0.1) is 34.0 Å². The Hall–Kier alpha value is -3.20. The molecule has 0 bridgehead atoms. The van der Waals surface area contributed by atoms with Gasteiger partial charge in [0.15, 0.2) is 0 Å². The van der Waals surface area contributed by atoms with Gasteiger partial charge in [0.2, 0.25) is 0 Å². The van der Waals surface area contributed by atoms with Crippen molar-refractivity contribution in [2.45, 2.75) is 113 Å². The van der Waals surface area contributed by atoms with Crippen molar-refractivity contribution >= 4 is 18.1 Å². The summed E-state index contributed by atoms with van der Waals surface area (Å²) in [5, 5.41) is 19.6. The Labute approximate surface area is 293 Å². The highest BCUT2D eigenvalue weighted by atomic mass is 16.4. The molecule has 49 heavy (non-hydrogen) atoms. The molecule has 6 fully saturated rings. The van der Waals surface area contributed by atoms with E-state index >= 15 is 0 Å². The van der Waals surface area contributed by atoms with Gasteiger partial charge in [0, 0.05) is 22.9 Å². The number of fused-ring (bicyclic) bond motifs is 4. The van der Waals surface area contributed by atoms with Gasteiger partial charge in [0.25, 0.3) is 0 Å². The van der Waals surface area contributed by atoms with Gasteiger partial charge < -0.3 is 14.9 Å². The normalized spacial score (nSPS) is 34.0. The molecule has 4 saturated carbocycles. The van der Waals surface area contributed by atoms with Gasteiger partial charge in [-0.15, -0.1) is 0 Å². The van der Waals surface area contributed by atoms with E-state index in [1.54, 1.807) is 5.56 Å². The second kappa shape index (κ2) is 12.0. The fourth-order valence-electron chi connectivity index (χ4n) is 11.6. The molecule has 2 aliphatic heterocycles. The number of nitrogens with zero attached hydrogens (tertiary/aromatic N) is 3. The molecule has 0 radical (unpaired) electrons. The third kappa shape index (κ3) is 5.35. The molecule has 2 aromatic carbocycles. The number of aliphatic carboxylic acids is 1. The van der Waals surface area contributed by atoms with Crippen molar-refractivity contribution in [2.75, 3.05) is 26.2 Å². The van der Waals surface area contributed by atoms with Crippen LogP contribution in [-0.4, -0.2) is 59.1 Å². The average Bonchev–Trinajstić information content (AvgIpc) is 4.04. The minimum absolute atomic E-state index is 0.0274. The van der Waals surface area contributed by atoms with Gasteiger partial charge >= 0.3 is 5.97 Å². The van der Waals surface area contributed by atoms with Crippen LogP contribution in [0.1, 0.15) is 112 Å². The van der Waals surface area contributed by atoms with Gasteiger partial charge in [0.05, 0.1) is 16.9 Å². The van der Waals surface area contributed by atoms with Gasteiger partial charge in [0.1, 0.15) is 0 Å². The number of carboxylic acids is 1. The van der Waals surface area contributed by atoms with Gasteiger partial charge in [-0.2, -0.15) is 5.26 Å². The van der Waals surface area contributed by atoms with E-state index < -0.39 is 11.4 Å². The van der Waals surface area contributed by atoms with Gasteiger partial charge in [-0.1, -0.05) is 72.8 Å². The number of piperidine rings is 2. The van der Waals surface area contributed by atoms with E-state index in [0.29, 0.717) is 23.9 Å². The Morgan fingerprint density at radius 2 is 1.14 bits per heavy atom. The number of carbonyl (C=O) groups is 1. The van der Waals surface area contributed by atoms with E-state index in [4.69, 9.17) is 0 Å². The summed E-state index contributed by atoms with van der Waals surface area (Å²) in [5.74, 6) is 0.641. The third-order valence-electron chi connectivity index (χ3n) is 15.0. The van der Waals surface area contributed by atoms with E-state index in [9.17, 15) is 15.2 Å². The first kappa shape index (κ1) is 31.8. The molecule has 256 valence electrons. The zero-order valence-corrected chi connectivity index (χ0v) is 29.2. The lowest BCUT2D eigenvalue weighted by molar-refractivity contribution is -0.150. The Bertz CT molecular complexity index is 1700. The molecule has 8 aliphatic rings. The molecular formula is C44H53N3O2. The summed E-state index contributed by atoms with van der Waals surface area (Å²) < 4.78 is 0. The van der Waals surface area contributed by atoms with Crippen molar-refractivity contribution in [3.63, 3.8) is 0 Å². The van der Waals surface area contributed by atoms with Crippen LogP contribution in [0.2, 0.25) is 0 Å². The highest BCUT2D eigenvalue weighted by Gasteiger charge is 2.56. The summed E-state index contributed by atoms with van der Waals surface area (Å²) in [5.41, 5.74) is 5.98. The summed E-state index contributed by atoms with van der Waals surface area (Å²) in [4.78, 5) is 17.3. The van der Waals surface area contributed by atoms with Crippen molar-refractivity contribution in [3.8, 4) is 6.07 Å². The summed E-state index contributed by atoms with van der Waals surface area (Å²) in [6, 6.07) is 21.6. The lowest BCUT2D eigenvalue weighted by atomic mass is 9.74. The summed E-state index contributed by atoms with van der Waals surface area (Å²) in [6.45, 7) is 4.58. The summed E-state index contributed by atoms with van der Waals surface area (Å²) in [6.07, 6.45) is 25.5. The lowest BCUT2D eigenvalue weighted by Gasteiger charge is -2.42. The van der Waals surface area contributed by atoms with Gasteiger partial charge in [-0.05, 0) is 150 Å². The van der Waals surface area contributed by atoms with E-state index in [0.717, 1.165) is 58.0 Å². The summed E-state index contributed by atoms with van der Waals surface area (Å²) >= 11 is 0. The highest BCUT2D eigenvalue weighted by molar-refractivity contribution is 5.76. The number of nitriles is 1.